The number of fused-ring (bicyclic) bond motifs is 1. The maximum absolute atomic E-state index is 13.5. The molecule has 0 fully saturated rings. The lowest BCUT2D eigenvalue weighted by Crippen LogP contribution is -2.11. The third kappa shape index (κ3) is 3.69. The Morgan fingerprint density at radius 1 is 1.00 bits per heavy atom. The fourth-order valence-electron chi connectivity index (χ4n) is 3.41. The molecule has 152 valence electrons. The monoisotopic (exact) mass is 445 g/mol. The van der Waals surface area contributed by atoms with Crippen molar-refractivity contribution in [3.8, 4) is 21.7 Å². The highest BCUT2D eigenvalue weighted by molar-refractivity contribution is 7.21. The maximum Gasteiger partial charge on any atom is 0.267 e. The number of nitrogens with zero attached hydrogens (tertiary/aromatic N) is 1. The smallest absolute Gasteiger partial charge is 0.267 e. The number of nitrogens with one attached hydrogen (secondary N) is 1. The van der Waals surface area contributed by atoms with Crippen molar-refractivity contribution < 1.29 is 9.18 Å². The van der Waals surface area contributed by atoms with Crippen molar-refractivity contribution in [2.24, 2.45) is 0 Å². The van der Waals surface area contributed by atoms with Gasteiger partial charge in [0.05, 0.1) is 16.3 Å². The van der Waals surface area contributed by atoms with Crippen molar-refractivity contribution in [1.29, 1.82) is 0 Å². The molecule has 3 heterocycles. The van der Waals surface area contributed by atoms with Crippen molar-refractivity contribution in [1.82, 2.24) is 4.98 Å². The molecule has 0 spiro atoms. The number of amides is 1. The van der Waals surface area contributed by atoms with Crippen LogP contribution in [-0.4, -0.2) is 10.9 Å². The van der Waals surface area contributed by atoms with E-state index in [0.29, 0.717) is 26.5 Å². The summed E-state index contributed by atoms with van der Waals surface area (Å²) in [7, 11) is 0. The molecule has 5 rings (SSSR count). The standard InChI is InChI=1S/C24H16FN3OS2/c25-15-10-8-14(9-11-15)17-13-18(19-7-4-12-30-19)28-24-20(17)21(26)22(31-24)23(29)27-16-5-2-1-3-6-16/h1-13H,26H2,(H,27,29). The zero-order valence-electron chi connectivity index (χ0n) is 16.1. The quantitative estimate of drug-likeness (QED) is 0.325. The molecule has 4 nitrogen and oxygen atoms in total. The first-order valence-electron chi connectivity index (χ1n) is 9.49. The van der Waals surface area contributed by atoms with Crippen LogP contribution in [0, 0.1) is 5.82 Å². The van der Waals surface area contributed by atoms with Crippen LogP contribution in [0.2, 0.25) is 0 Å². The minimum Gasteiger partial charge on any atom is -0.397 e. The van der Waals surface area contributed by atoms with Gasteiger partial charge in [0.1, 0.15) is 15.5 Å². The second-order valence-corrected chi connectivity index (χ2v) is 8.83. The van der Waals surface area contributed by atoms with E-state index in [1.807, 2.05) is 53.9 Å². The van der Waals surface area contributed by atoms with Gasteiger partial charge in [-0.15, -0.1) is 22.7 Å². The van der Waals surface area contributed by atoms with Crippen molar-refractivity contribution in [3.63, 3.8) is 0 Å². The summed E-state index contributed by atoms with van der Waals surface area (Å²) < 4.78 is 13.5. The SMILES string of the molecule is Nc1c(C(=O)Nc2ccccc2)sc2nc(-c3cccs3)cc(-c3ccc(F)cc3)c12. The van der Waals surface area contributed by atoms with E-state index >= 15 is 0 Å². The number of benzene rings is 2. The Bertz CT molecular complexity index is 1380. The molecule has 0 aliphatic rings. The molecule has 0 radical (unpaired) electrons. The third-order valence-electron chi connectivity index (χ3n) is 4.87. The minimum atomic E-state index is -0.311. The molecule has 2 aromatic carbocycles. The molecule has 1 amide bonds. The maximum atomic E-state index is 13.5. The molecule has 0 saturated heterocycles. The van der Waals surface area contributed by atoms with Gasteiger partial charge in [0.15, 0.2) is 0 Å². The van der Waals surface area contributed by atoms with Gasteiger partial charge in [0.25, 0.3) is 5.91 Å². The molecule has 31 heavy (non-hydrogen) atoms. The first kappa shape index (κ1) is 19.4. The van der Waals surface area contributed by atoms with Crippen LogP contribution in [0.15, 0.2) is 78.2 Å². The first-order chi connectivity index (χ1) is 15.1. The summed E-state index contributed by atoms with van der Waals surface area (Å²) in [6, 6.07) is 21.4. The minimum absolute atomic E-state index is 0.283. The topological polar surface area (TPSA) is 68.0 Å². The Kier molecular flexibility index (Phi) is 4.97. The number of carbonyl (C=O) groups excluding carboxylic acids is 1. The van der Waals surface area contributed by atoms with Gasteiger partial charge < -0.3 is 11.1 Å². The Balaban J connectivity index is 1.68. The average molecular weight is 446 g/mol. The summed E-state index contributed by atoms with van der Waals surface area (Å²) in [5.74, 6) is -0.594. The van der Waals surface area contributed by atoms with Crippen LogP contribution >= 0.6 is 22.7 Å². The van der Waals surface area contributed by atoms with Gasteiger partial charge >= 0.3 is 0 Å². The molecular weight excluding hydrogens is 429 g/mol. The zero-order valence-corrected chi connectivity index (χ0v) is 17.8. The molecule has 0 atom stereocenters. The average Bonchev–Trinajstić information content (AvgIpc) is 3.43. The number of halogens is 1. The summed E-state index contributed by atoms with van der Waals surface area (Å²) in [4.78, 5) is 19.8. The molecule has 0 aliphatic heterocycles. The molecule has 0 aliphatic carbocycles. The number of carbonyl (C=O) groups is 1. The van der Waals surface area contributed by atoms with E-state index < -0.39 is 0 Å². The van der Waals surface area contributed by atoms with E-state index in [-0.39, 0.29) is 11.7 Å². The molecule has 5 aromatic rings. The van der Waals surface area contributed by atoms with Gasteiger partial charge in [-0.05, 0) is 52.9 Å². The van der Waals surface area contributed by atoms with Gasteiger partial charge in [0, 0.05) is 11.1 Å². The normalized spacial score (nSPS) is 11.0. The van der Waals surface area contributed by atoms with Crippen LogP contribution in [0.5, 0.6) is 0 Å². The van der Waals surface area contributed by atoms with E-state index in [4.69, 9.17) is 10.7 Å². The molecule has 3 aromatic heterocycles. The van der Waals surface area contributed by atoms with Gasteiger partial charge in [0.2, 0.25) is 0 Å². The number of pyridine rings is 1. The number of nitrogens with two attached hydrogens (primary N) is 1. The second-order valence-electron chi connectivity index (χ2n) is 6.88. The van der Waals surface area contributed by atoms with Crippen molar-refractivity contribution in [3.05, 3.63) is 88.9 Å². The highest BCUT2D eigenvalue weighted by Crippen LogP contribution is 2.42. The second kappa shape index (κ2) is 7.94. The molecule has 3 N–H and O–H groups in total. The molecule has 7 heteroatoms. The fourth-order valence-corrected chi connectivity index (χ4v) is 5.11. The summed E-state index contributed by atoms with van der Waals surface area (Å²) in [5, 5.41) is 5.58. The van der Waals surface area contributed by atoms with Gasteiger partial charge in [-0.2, -0.15) is 0 Å². The van der Waals surface area contributed by atoms with E-state index in [1.165, 1.54) is 23.5 Å². The highest BCUT2D eigenvalue weighted by atomic mass is 32.1. The highest BCUT2D eigenvalue weighted by Gasteiger charge is 2.22. The fraction of sp³-hybridized carbons (Fsp3) is 0. The van der Waals surface area contributed by atoms with Crippen LogP contribution in [0.3, 0.4) is 0 Å². The first-order valence-corrected chi connectivity index (χ1v) is 11.2. The lowest BCUT2D eigenvalue weighted by molar-refractivity contribution is 0.103. The van der Waals surface area contributed by atoms with E-state index in [9.17, 15) is 9.18 Å². The largest absolute Gasteiger partial charge is 0.397 e. The number of hydrogen-bond donors (Lipinski definition) is 2. The molecule has 0 saturated carbocycles. The number of para-hydroxylation sites is 1. The van der Waals surface area contributed by atoms with Crippen LogP contribution in [0.25, 0.3) is 31.9 Å². The molecule has 0 unspecified atom stereocenters. The van der Waals surface area contributed by atoms with Crippen LogP contribution in [0.1, 0.15) is 9.67 Å². The summed E-state index contributed by atoms with van der Waals surface area (Å²) >= 11 is 2.84. The number of anilines is 2. The third-order valence-corrected chi connectivity index (χ3v) is 6.86. The predicted octanol–water partition coefficient (Wildman–Crippen LogP) is 6.67. The number of thiophene rings is 2. The number of hydrogen-bond acceptors (Lipinski definition) is 5. The molecule has 0 bridgehead atoms. The van der Waals surface area contributed by atoms with Gasteiger partial charge in [-0.25, -0.2) is 9.37 Å². The predicted molar refractivity (Wildman–Crippen MR) is 127 cm³/mol. The Hall–Kier alpha value is -3.55. The Morgan fingerprint density at radius 2 is 1.77 bits per heavy atom. The van der Waals surface area contributed by atoms with E-state index in [1.54, 1.807) is 23.5 Å². The van der Waals surface area contributed by atoms with Crippen molar-refractivity contribution >= 4 is 50.2 Å². The summed E-state index contributed by atoms with van der Waals surface area (Å²) in [6.07, 6.45) is 0. The van der Waals surface area contributed by atoms with E-state index in [2.05, 4.69) is 5.32 Å². The van der Waals surface area contributed by atoms with E-state index in [0.717, 1.165) is 21.7 Å². The Labute approximate surface area is 185 Å². The Morgan fingerprint density at radius 3 is 2.48 bits per heavy atom. The van der Waals surface area contributed by atoms with Crippen LogP contribution in [0.4, 0.5) is 15.8 Å². The van der Waals surface area contributed by atoms with Gasteiger partial charge in [-0.3, -0.25) is 4.79 Å². The van der Waals surface area contributed by atoms with Crippen molar-refractivity contribution in [2.75, 3.05) is 11.1 Å². The summed E-state index contributed by atoms with van der Waals surface area (Å²) in [5.41, 5.74) is 9.95. The number of aromatic nitrogens is 1. The van der Waals surface area contributed by atoms with Crippen LogP contribution < -0.4 is 11.1 Å². The summed E-state index contributed by atoms with van der Waals surface area (Å²) in [6.45, 7) is 0. The number of nitrogen functional groups attached to an aromatic ring is 1. The zero-order chi connectivity index (χ0) is 21.4. The van der Waals surface area contributed by atoms with Crippen LogP contribution in [-0.2, 0) is 0 Å². The lowest BCUT2D eigenvalue weighted by atomic mass is 10.0. The molecular formula is C24H16FN3OS2. The van der Waals surface area contributed by atoms with Crippen molar-refractivity contribution in [2.45, 2.75) is 0 Å². The lowest BCUT2D eigenvalue weighted by Gasteiger charge is -2.08. The number of rotatable bonds is 4. The van der Waals surface area contributed by atoms with Gasteiger partial charge in [-0.1, -0.05) is 36.4 Å².